The third-order valence-electron chi connectivity index (χ3n) is 2.81. The predicted molar refractivity (Wildman–Crippen MR) is 70.2 cm³/mol. The summed E-state index contributed by atoms with van der Waals surface area (Å²) in [7, 11) is 1.59. The maximum Gasteiger partial charge on any atom is 0.146 e. The average Bonchev–Trinajstić information content (AvgIpc) is 2.32. The van der Waals surface area contributed by atoms with Crippen LogP contribution in [0.15, 0.2) is 18.2 Å². The molecule has 1 aromatic rings. The van der Waals surface area contributed by atoms with Crippen LogP contribution in [0.3, 0.4) is 0 Å². The first-order chi connectivity index (χ1) is 8.21. The molecule has 0 aliphatic rings. The third-order valence-corrected chi connectivity index (χ3v) is 2.81. The van der Waals surface area contributed by atoms with Gasteiger partial charge in [-0.3, -0.25) is 0 Å². The SMILES string of the molecule is CCCC(CCC)Nc1cc(OC)ccc1F. The van der Waals surface area contributed by atoms with Crippen LogP contribution in [0.25, 0.3) is 0 Å². The summed E-state index contributed by atoms with van der Waals surface area (Å²) in [6.45, 7) is 4.29. The van der Waals surface area contributed by atoms with E-state index in [-0.39, 0.29) is 5.82 Å². The second kappa shape index (κ2) is 7.15. The van der Waals surface area contributed by atoms with Crippen LogP contribution in [0.5, 0.6) is 5.75 Å². The standard InChI is InChI=1S/C14H22FNO/c1-4-6-11(7-5-2)16-14-10-12(17-3)8-9-13(14)15/h8-11,16H,4-7H2,1-3H3. The van der Waals surface area contributed by atoms with Gasteiger partial charge in [0.05, 0.1) is 12.8 Å². The fourth-order valence-electron chi connectivity index (χ4n) is 1.95. The number of benzene rings is 1. The van der Waals surface area contributed by atoms with Gasteiger partial charge in [-0.05, 0) is 25.0 Å². The number of methoxy groups -OCH3 is 1. The molecule has 2 nitrogen and oxygen atoms in total. The van der Waals surface area contributed by atoms with Gasteiger partial charge in [-0.25, -0.2) is 4.39 Å². The Morgan fingerprint density at radius 3 is 2.41 bits per heavy atom. The fraction of sp³-hybridized carbons (Fsp3) is 0.571. The van der Waals surface area contributed by atoms with E-state index in [0.29, 0.717) is 17.5 Å². The van der Waals surface area contributed by atoms with E-state index in [4.69, 9.17) is 4.74 Å². The van der Waals surface area contributed by atoms with E-state index in [1.165, 1.54) is 6.07 Å². The van der Waals surface area contributed by atoms with Crippen LogP contribution in [0, 0.1) is 5.82 Å². The number of hydrogen-bond donors (Lipinski definition) is 1. The Hall–Kier alpha value is -1.25. The van der Waals surface area contributed by atoms with Gasteiger partial charge in [-0.15, -0.1) is 0 Å². The molecule has 0 atom stereocenters. The molecule has 0 heterocycles. The highest BCUT2D eigenvalue weighted by molar-refractivity contribution is 5.50. The van der Waals surface area contributed by atoms with Crippen molar-refractivity contribution in [3.05, 3.63) is 24.0 Å². The van der Waals surface area contributed by atoms with E-state index < -0.39 is 0 Å². The van der Waals surface area contributed by atoms with E-state index in [1.807, 2.05) is 0 Å². The maximum absolute atomic E-state index is 13.6. The second-order valence-corrected chi connectivity index (χ2v) is 4.26. The molecule has 96 valence electrons. The molecule has 0 bridgehead atoms. The first kappa shape index (κ1) is 13.8. The Morgan fingerprint density at radius 2 is 1.88 bits per heavy atom. The van der Waals surface area contributed by atoms with Crippen LogP contribution in [-0.2, 0) is 0 Å². The lowest BCUT2D eigenvalue weighted by atomic mass is 10.1. The summed E-state index contributed by atoms with van der Waals surface area (Å²) in [5.74, 6) is 0.462. The van der Waals surface area contributed by atoms with Crippen molar-refractivity contribution < 1.29 is 9.13 Å². The van der Waals surface area contributed by atoms with Gasteiger partial charge in [0.25, 0.3) is 0 Å². The van der Waals surface area contributed by atoms with E-state index >= 15 is 0 Å². The molecule has 0 amide bonds. The summed E-state index contributed by atoms with van der Waals surface area (Å²) in [5, 5.41) is 3.27. The van der Waals surface area contributed by atoms with Crippen molar-refractivity contribution in [2.75, 3.05) is 12.4 Å². The van der Waals surface area contributed by atoms with Gasteiger partial charge in [0, 0.05) is 12.1 Å². The summed E-state index contributed by atoms with van der Waals surface area (Å²) in [6.07, 6.45) is 4.32. The number of anilines is 1. The molecule has 0 aliphatic heterocycles. The van der Waals surface area contributed by atoms with E-state index in [1.54, 1.807) is 19.2 Å². The van der Waals surface area contributed by atoms with Crippen molar-refractivity contribution >= 4 is 5.69 Å². The molecule has 1 aromatic carbocycles. The van der Waals surface area contributed by atoms with Gasteiger partial charge < -0.3 is 10.1 Å². The lowest BCUT2D eigenvalue weighted by Gasteiger charge is -2.19. The molecule has 0 fully saturated rings. The molecule has 0 saturated carbocycles. The summed E-state index contributed by atoms with van der Waals surface area (Å²) < 4.78 is 18.7. The van der Waals surface area contributed by atoms with Gasteiger partial charge in [0.1, 0.15) is 11.6 Å². The van der Waals surface area contributed by atoms with Crippen molar-refractivity contribution in [2.45, 2.75) is 45.6 Å². The van der Waals surface area contributed by atoms with Gasteiger partial charge in [-0.1, -0.05) is 26.7 Å². The number of halogens is 1. The minimum Gasteiger partial charge on any atom is -0.497 e. The Bertz CT molecular complexity index is 335. The summed E-state index contributed by atoms with van der Waals surface area (Å²) in [5.41, 5.74) is 0.538. The van der Waals surface area contributed by atoms with Gasteiger partial charge >= 0.3 is 0 Å². The Balaban J connectivity index is 2.76. The molecule has 0 unspecified atom stereocenters. The highest BCUT2D eigenvalue weighted by Gasteiger charge is 2.10. The molecule has 3 heteroatoms. The lowest BCUT2D eigenvalue weighted by Crippen LogP contribution is -2.19. The van der Waals surface area contributed by atoms with E-state index in [9.17, 15) is 4.39 Å². The minimum atomic E-state index is -0.219. The first-order valence-electron chi connectivity index (χ1n) is 6.31. The molecule has 1 N–H and O–H groups in total. The first-order valence-corrected chi connectivity index (χ1v) is 6.31. The normalized spacial score (nSPS) is 10.6. The van der Waals surface area contributed by atoms with Crippen molar-refractivity contribution in [3.8, 4) is 5.75 Å². The molecule has 0 aliphatic carbocycles. The van der Waals surface area contributed by atoms with Crippen LogP contribution in [0.1, 0.15) is 39.5 Å². The fourth-order valence-corrected chi connectivity index (χ4v) is 1.95. The zero-order chi connectivity index (χ0) is 12.7. The van der Waals surface area contributed by atoms with Crippen molar-refractivity contribution in [1.29, 1.82) is 0 Å². The van der Waals surface area contributed by atoms with E-state index in [0.717, 1.165) is 25.7 Å². The zero-order valence-corrected chi connectivity index (χ0v) is 10.9. The predicted octanol–water partition coefficient (Wildman–Crippen LogP) is 4.22. The van der Waals surface area contributed by atoms with Crippen LogP contribution < -0.4 is 10.1 Å². The van der Waals surface area contributed by atoms with Gasteiger partial charge in [-0.2, -0.15) is 0 Å². The van der Waals surface area contributed by atoms with Crippen molar-refractivity contribution in [2.24, 2.45) is 0 Å². The smallest absolute Gasteiger partial charge is 0.146 e. The number of rotatable bonds is 7. The minimum absolute atomic E-state index is 0.219. The molecule has 0 aromatic heterocycles. The Labute approximate surface area is 103 Å². The number of hydrogen-bond acceptors (Lipinski definition) is 2. The summed E-state index contributed by atoms with van der Waals surface area (Å²) in [4.78, 5) is 0. The van der Waals surface area contributed by atoms with Crippen LogP contribution in [0.2, 0.25) is 0 Å². The Morgan fingerprint density at radius 1 is 1.24 bits per heavy atom. The second-order valence-electron chi connectivity index (χ2n) is 4.26. The average molecular weight is 239 g/mol. The van der Waals surface area contributed by atoms with Gasteiger partial charge in [0.15, 0.2) is 0 Å². The molecular weight excluding hydrogens is 217 g/mol. The number of nitrogens with one attached hydrogen (secondary N) is 1. The third kappa shape index (κ3) is 4.25. The summed E-state index contributed by atoms with van der Waals surface area (Å²) in [6, 6.07) is 5.13. The highest BCUT2D eigenvalue weighted by atomic mass is 19.1. The molecule has 0 spiro atoms. The van der Waals surface area contributed by atoms with Crippen LogP contribution in [0.4, 0.5) is 10.1 Å². The highest BCUT2D eigenvalue weighted by Crippen LogP contribution is 2.23. The van der Waals surface area contributed by atoms with Crippen LogP contribution >= 0.6 is 0 Å². The van der Waals surface area contributed by atoms with Crippen molar-refractivity contribution in [1.82, 2.24) is 0 Å². The molecular formula is C14H22FNO. The zero-order valence-electron chi connectivity index (χ0n) is 10.9. The monoisotopic (exact) mass is 239 g/mol. The van der Waals surface area contributed by atoms with Gasteiger partial charge in [0.2, 0.25) is 0 Å². The van der Waals surface area contributed by atoms with Crippen molar-refractivity contribution in [3.63, 3.8) is 0 Å². The maximum atomic E-state index is 13.6. The molecule has 17 heavy (non-hydrogen) atoms. The Kier molecular flexibility index (Phi) is 5.81. The largest absolute Gasteiger partial charge is 0.497 e. The lowest BCUT2D eigenvalue weighted by molar-refractivity contribution is 0.414. The molecule has 0 saturated heterocycles. The van der Waals surface area contributed by atoms with Crippen LogP contribution in [-0.4, -0.2) is 13.2 Å². The quantitative estimate of drug-likeness (QED) is 0.769. The van der Waals surface area contributed by atoms with E-state index in [2.05, 4.69) is 19.2 Å². The molecule has 1 rings (SSSR count). The topological polar surface area (TPSA) is 21.3 Å². The number of ether oxygens (including phenoxy) is 1. The summed E-state index contributed by atoms with van der Waals surface area (Å²) >= 11 is 0. The molecule has 0 radical (unpaired) electrons.